The topological polar surface area (TPSA) is 89.0 Å². The third-order valence-electron chi connectivity index (χ3n) is 3.96. The van der Waals surface area contributed by atoms with Gasteiger partial charge in [-0.3, -0.25) is 4.79 Å². The maximum Gasteiger partial charge on any atom is 0.339 e. The highest BCUT2D eigenvalue weighted by atomic mass is 16.5. The van der Waals surface area contributed by atoms with E-state index in [9.17, 15) is 9.59 Å². The summed E-state index contributed by atoms with van der Waals surface area (Å²) in [6.07, 6.45) is 3.46. The maximum atomic E-state index is 12.7. The predicted molar refractivity (Wildman–Crippen MR) is 93.1 cm³/mol. The van der Waals surface area contributed by atoms with Gasteiger partial charge in [-0.25, -0.2) is 9.48 Å². The van der Waals surface area contributed by atoms with E-state index in [-0.39, 0.29) is 5.91 Å². The van der Waals surface area contributed by atoms with Crippen LogP contribution in [0.15, 0.2) is 42.7 Å². The average molecular weight is 338 g/mol. The molecule has 7 heteroatoms. The van der Waals surface area contributed by atoms with Gasteiger partial charge in [0.25, 0.3) is 5.91 Å². The molecular weight excluding hydrogens is 320 g/mol. The van der Waals surface area contributed by atoms with Crippen LogP contribution >= 0.6 is 0 Å². The number of aromatic nitrogens is 3. The fourth-order valence-corrected chi connectivity index (χ4v) is 2.76. The Hall–Kier alpha value is -3.35. The smallest absolute Gasteiger partial charge is 0.339 e. The molecule has 7 nitrogen and oxygen atoms in total. The number of benzene rings is 1. The number of aryl methyl sites for hydroxylation is 1. The summed E-state index contributed by atoms with van der Waals surface area (Å²) in [4.78, 5) is 27.5. The SMILES string of the molecule is COC(=O)c1c(C)[nH]c(C(=O)Nc2ccccc2-n2cccn2)c1C. The highest BCUT2D eigenvalue weighted by Crippen LogP contribution is 2.23. The maximum absolute atomic E-state index is 12.7. The molecule has 0 aliphatic heterocycles. The number of ether oxygens (including phenoxy) is 1. The summed E-state index contributed by atoms with van der Waals surface area (Å²) in [5.74, 6) is -0.808. The minimum absolute atomic E-state index is 0.327. The molecule has 0 saturated heterocycles. The first-order valence-corrected chi connectivity index (χ1v) is 7.70. The van der Waals surface area contributed by atoms with Crippen LogP contribution in [0.1, 0.15) is 32.1 Å². The summed E-state index contributed by atoms with van der Waals surface area (Å²) < 4.78 is 6.44. The van der Waals surface area contributed by atoms with Crippen molar-refractivity contribution in [2.45, 2.75) is 13.8 Å². The number of nitrogens with one attached hydrogen (secondary N) is 2. The van der Waals surface area contributed by atoms with E-state index in [1.54, 1.807) is 43.1 Å². The van der Waals surface area contributed by atoms with Crippen LogP contribution in [0.3, 0.4) is 0 Å². The van der Waals surface area contributed by atoms with Crippen molar-refractivity contribution in [3.8, 4) is 5.69 Å². The van der Waals surface area contributed by atoms with E-state index in [0.717, 1.165) is 5.69 Å². The Morgan fingerprint density at radius 1 is 1.20 bits per heavy atom. The zero-order chi connectivity index (χ0) is 18.0. The van der Waals surface area contributed by atoms with Crippen molar-refractivity contribution in [3.05, 3.63) is 65.2 Å². The van der Waals surface area contributed by atoms with Gasteiger partial charge in [-0.1, -0.05) is 12.1 Å². The van der Waals surface area contributed by atoms with Crippen molar-refractivity contribution in [1.29, 1.82) is 0 Å². The van der Waals surface area contributed by atoms with Gasteiger partial charge < -0.3 is 15.0 Å². The van der Waals surface area contributed by atoms with Crippen LogP contribution in [-0.4, -0.2) is 33.8 Å². The second kappa shape index (κ2) is 6.64. The van der Waals surface area contributed by atoms with Crippen molar-refractivity contribution in [2.75, 3.05) is 12.4 Å². The van der Waals surface area contributed by atoms with Crippen LogP contribution in [0, 0.1) is 13.8 Å². The number of aromatic amines is 1. The molecule has 128 valence electrons. The largest absolute Gasteiger partial charge is 0.465 e. The zero-order valence-electron chi connectivity index (χ0n) is 14.2. The summed E-state index contributed by atoms with van der Waals surface area (Å²) in [7, 11) is 1.31. The van der Waals surface area contributed by atoms with Gasteiger partial charge in [-0.15, -0.1) is 0 Å². The number of methoxy groups -OCH3 is 1. The number of anilines is 1. The summed E-state index contributed by atoms with van der Waals surface area (Å²) >= 11 is 0. The number of rotatable bonds is 4. The third kappa shape index (κ3) is 3.03. The van der Waals surface area contributed by atoms with Crippen molar-refractivity contribution in [2.24, 2.45) is 0 Å². The minimum atomic E-state index is -0.470. The number of carbonyl (C=O) groups is 2. The van der Waals surface area contributed by atoms with Gasteiger partial charge in [0.2, 0.25) is 0 Å². The molecule has 2 N–H and O–H groups in total. The third-order valence-corrected chi connectivity index (χ3v) is 3.96. The average Bonchev–Trinajstić information content (AvgIpc) is 3.23. The van der Waals surface area contributed by atoms with Gasteiger partial charge >= 0.3 is 5.97 Å². The van der Waals surface area contributed by atoms with Crippen molar-refractivity contribution in [1.82, 2.24) is 14.8 Å². The van der Waals surface area contributed by atoms with Gasteiger partial charge in [0.05, 0.1) is 24.0 Å². The highest BCUT2D eigenvalue weighted by molar-refractivity contribution is 6.07. The standard InChI is InChI=1S/C18H18N4O3/c1-11-15(18(24)25-3)12(2)20-16(11)17(23)21-13-7-4-5-8-14(13)22-10-6-9-19-22/h4-10,20H,1-3H3,(H,21,23). The van der Waals surface area contributed by atoms with E-state index in [1.807, 2.05) is 18.2 Å². The molecule has 0 radical (unpaired) electrons. The Balaban J connectivity index is 1.94. The molecule has 3 aromatic rings. The first kappa shape index (κ1) is 16.5. The molecule has 1 amide bonds. The van der Waals surface area contributed by atoms with Gasteiger partial charge in [0, 0.05) is 18.1 Å². The molecule has 2 heterocycles. The second-order valence-corrected chi connectivity index (χ2v) is 5.54. The summed E-state index contributed by atoms with van der Waals surface area (Å²) in [5, 5.41) is 7.06. The van der Waals surface area contributed by atoms with Crippen molar-refractivity contribution < 1.29 is 14.3 Å². The number of hydrogen-bond donors (Lipinski definition) is 2. The zero-order valence-corrected chi connectivity index (χ0v) is 14.2. The lowest BCUT2D eigenvalue weighted by Crippen LogP contribution is -2.15. The Morgan fingerprint density at radius 3 is 2.64 bits per heavy atom. The number of amides is 1. The molecule has 2 aromatic heterocycles. The molecule has 0 aliphatic rings. The molecule has 0 saturated carbocycles. The second-order valence-electron chi connectivity index (χ2n) is 5.54. The number of para-hydroxylation sites is 2. The Labute approximate surface area is 144 Å². The monoisotopic (exact) mass is 338 g/mol. The van der Waals surface area contributed by atoms with Crippen LogP contribution in [0.5, 0.6) is 0 Å². The van der Waals surface area contributed by atoms with Crippen LogP contribution in [0.4, 0.5) is 5.69 Å². The quantitative estimate of drug-likeness (QED) is 0.716. The molecule has 0 bridgehead atoms. The number of esters is 1. The van der Waals surface area contributed by atoms with Gasteiger partial charge in [-0.05, 0) is 37.6 Å². The molecular formula is C18H18N4O3. The van der Waals surface area contributed by atoms with E-state index in [2.05, 4.69) is 15.4 Å². The lowest BCUT2D eigenvalue weighted by atomic mass is 10.1. The van der Waals surface area contributed by atoms with Crippen LogP contribution in [-0.2, 0) is 4.74 Å². The normalized spacial score (nSPS) is 10.5. The lowest BCUT2D eigenvalue weighted by molar-refractivity contribution is 0.0599. The molecule has 3 rings (SSSR count). The fraction of sp³-hybridized carbons (Fsp3) is 0.167. The minimum Gasteiger partial charge on any atom is -0.465 e. The molecule has 0 aliphatic carbocycles. The van der Waals surface area contributed by atoms with Gasteiger partial charge in [-0.2, -0.15) is 5.10 Å². The summed E-state index contributed by atoms with van der Waals surface area (Å²) in [6.45, 7) is 3.44. The van der Waals surface area contributed by atoms with E-state index in [0.29, 0.717) is 28.2 Å². The fourth-order valence-electron chi connectivity index (χ4n) is 2.76. The number of nitrogens with zero attached hydrogens (tertiary/aromatic N) is 2. The van der Waals surface area contributed by atoms with E-state index in [1.165, 1.54) is 7.11 Å². The van der Waals surface area contributed by atoms with E-state index in [4.69, 9.17) is 4.74 Å². The first-order chi connectivity index (χ1) is 12.0. The number of carbonyl (C=O) groups excluding carboxylic acids is 2. The molecule has 1 aromatic carbocycles. The molecule has 0 atom stereocenters. The molecule has 0 spiro atoms. The highest BCUT2D eigenvalue weighted by Gasteiger charge is 2.23. The lowest BCUT2D eigenvalue weighted by Gasteiger charge is -2.11. The summed E-state index contributed by atoms with van der Waals surface area (Å²) in [6, 6.07) is 9.15. The Bertz CT molecular complexity index is 926. The molecule has 0 fully saturated rings. The van der Waals surface area contributed by atoms with Crippen LogP contribution in [0.25, 0.3) is 5.69 Å². The number of H-pyrrole nitrogens is 1. The van der Waals surface area contributed by atoms with Crippen LogP contribution < -0.4 is 5.32 Å². The first-order valence-electron chi connectivity index (χ1n) is 7.70. The predicted octanol–water partition coefficient (Wildman–Crippen LogP) is 2.86. The molecule has 25 heavy (non-hydrogen) atoms. The molecule has 0 unspecified atom stereocenters. The Morgan fingerprint density at radius 2 is 1.96 bits per heavy atom. The number of hydrogen-bond acceptors (Lipinski definition) is 4. The van der Waals surface area contributed by atoms with Crippen LogP contribution in [0.2, 0.25) is 0 Å². The Kier molecular flexibility index (Phi) is 4.38. The van der Waals surface area contributed by atoms with E-state index >= 15 is 0 Å². The van der Waals surface area contributed by atoms with Crippen molar-refractivity contribution >= 4 is 17.6 Å². The summed E-state index contributed by atoms with van der Waals surface area (Å²) in [5.41, 5.74) is 3.21. The van der Waals surface area contributed by atoms with Crippen molar-refractivity contribution in [3.63, 3.8) is 0 Å². The van der Waals surface area contributed by atoms with Gasteiger partial charge in [0.15, 0.2) is 0 Å². The van der Waals surface area contributed by atoms with Gasteiger partial charge in [0.1, 0.15) is 5.69 Å². The van der Waals surface area contributed by atoms with E-state index < -0.39 is 5.97 Å².